The Bertz CT molecular complexity index is 741. The van der Waals surface area contributed by atoms with E-state index < -0.39 is 11.9 Å². The van der Waals surface area contributed by atoms with E-state index in [4.69, 9.17) is 16.7 Å². The summed E-state index contributed by atoms with van der Waals surface area (Å²) < 4.78 is 1.60. The number of aliphatic carboxylic acids is 1. The Labute approximate surface area is 138 Å². The fourth-order valence-electron chi connectivity index (χ4n) is 2.89. The van der Waals surface area contributed by atoms with Gasteiger partial charge in [0.1, 0.15) is 0 Å². The van der Waals surface area contributed by atoms with Crippen LogP contribution in [0.2, 0.25) is 5.02 Å². The molecule has 120 valence electrons. The summed E-state index contributed by atoms with van der Waals surface area (Å²) >= 11 is 5.86. The first-order valence-electron chi connectivity index (χ1n) is 7.32. The number of hydrogen-bond acceptors (Lipinski definition) is 3. The van der Waals surface area contributed by atoms with Gasteiger partial charge in [-0.2, -0.15) is 5.10 Å². The van der Waals surface area contributed by atoms with Crippen LogP contribution in [0.5, 0.6) is 0 Å². The van der Waals surface area contributed by atoms with Crippen molar-refractivity contribution < 1.29 is 14.7 Å². The molecule has 2 atom stereocenters. The fraction of sp³-hybridized carbons (Fsp3) is 0.312. The molecule has 0 radical (unpaired) electrons. The molecule has 1 fully saturated rings. The van der Waals surface area contributed by atoms with Gasteiger partial charge in [-0.25, -0.2) is 4.68 Å². The topological polar surface area (TPSA) is 75.4 Å². The predicted octanol–water partition coefficient (Wildman–Crippen LogP) is 2.46. The number of carbonyl (C=O) groups is 2. The fourth-order valence-corrected chi connectivity index (χ4v) is 3.02. The van der Waals surface area contributed by atoms with Gasteiger partial charge in [0.25, 0.3) is 5.91 Å². The van der Waals surface area contributed by atoms with Crippen molar-refractivity contribution in [1.29, 1.82) is 0 Å². The summed E-state index contributed by atoms with van der Waals surface area (Å²) in [5.74, 6) is -1.56. The van der Waals surface area contributed by atoms with E-state index >= 15 is 0 Å². The van der Waals surface area contributed by atoms with Crippen molar-refractivity contribution in [3.8, 4) is 5.69 Å². The first-order valence-corrected chi connectivity index (χ1v) is 7.69. The first-order chi connectivity index (χ1) is 11.0. The Kier molecular flexibility index (Phi) is 4.09. The van der Waals surface area contributed by atoms with Crippen molar-refractivity contribution in [2.45, 2.75) is 19.4 Å². The van der Waals surface area contributed by atoms with E-state index in [1.165, 1.54) is 6.20 Å². The van der Waals surface area contributed by atoms with Gasteiger partial charge in [-0.05, 0) is 37.6 Å². The summed E-state index contributed by atoms with van der Waals surface area (Å²) in [5, 5.41) is 14.0. The Morgan fingerprint density at radius 2 is 2.00 bits per heavy atom. The van der Waals surface area contributed by atoms with Crippen molar-refractivity contribution in [3.05, 3.63) is 47.2 Å². The highest BCUT2D eigenvalue weighted by atomic mass is 35.5. The molecule has 1 aromatic carbocycles. The number of carbonyl (C=O) groups excluding carboxylic acids is 1. The lowest BCUT2D eigenvalue weighted by Gasteiger charge is -2.22. The highest BCUT2D eigenvalue weighted by Crippen LogP contribution is 2.26. The maximum atomic E-state index is 12.6. The lowest BCUT2D eigenvalue weighted by Crippen LogP contribution is -2.37. The molecule has 3 rings (SSSR count). The number of benzene rings is 1. The molecule has 2 aromatic rings. The average molecular weight is 334 g/mol. The van der Waals surface area contributed by atoms with Crippen molar-refractivity contribution in [3.63, 3.8) is 0 Å². The van der Waals surface area contributed by atoms with Gasteiger partial charge in [0.2, 0.25) is 0 Å². The zero-order valence-electron chi connectivity index (χ0n) is 12.5. The van der Waals surface area contributed by atoms with E-state index in [0.29, 0.717) is 23.6 Å². The van der Waals surface area contributed by atoms with Crippen molar-refractivity contribution in [2.75, 3.05) is 6.54 Å². The van der Waals surface area contributed by atoms with Crippen LogP contribution in [0.25, 0.3) is 5.69 Å². The largest absolute Gasteiger partial charge is 0.481 e. The summed E-state index contributed by atoms with van der Waals surface area (Å²) in [4.78, 5) is 25.4. The number of nitrogens with zero attached hydrogens (tertiary/aromatic N) is 3. The van der Waals surface area contributed by atoms with Gasteiger partial charge >= 0.3 is 5.97 Å². The minimum Gasteiger partial charge on any atom is -0.481 e. The zero-order chi connectivity index (χ0) is 16.6. The van der Waals surface area contributed by atoms with Crippen molar-refractivity contribution >= 4 is 23.5 Å². The number of halogens is 1. The van der Waals surface area contributed by atoms with Crippen molar-refractivity contribution in [1.82, 2.24) is 14.7 Å². The molecule has 1 N–H and O–H groups in total. The maximum absolute atomic E-state index is 12.6. The first kappa shape index (κ1) is 15.6. The number of hydrogen-bond donors (Lipinski definition) is 1. The Morgan fingerprint density at radius 3 is 2.61 bits per heavy atom. The number of amides is 1. The monoisotopic (exact) mass is 333 g/mol. The molecule has 1 saturated heterocycles. The molecular weight excluding hydrogens is 318 g/mol. The SMILES string of the molecule is CC1C(C(=O)O)CCN1C(=O)c1cnn(-c2ccc(Cl)cc2)c1. The molecule has 0 bridgehead atoms. The van der Waals surface area contributed by atoms with Crippen LogP contribution >= 0.6 is 11.6 Å². The van der Waals surface area contributed by atoms with E-state index in [1.807, 2.05) is 12.1 Å². The van der Waals surface area contributed by atoms with Crippen LogP contribution in [-0.4, -0.2) is 44.3 Å². The van der Waals surface area contributed by atoms with Crippen LogP contribution in [0.15, 0.2) is 36.7 Å². The lowest BCUT2D eigenvalue weighted by atomic mass is 10.0. The van der Waals surface area contributed by atoms with Gasteiger partial charge in [-0.1, -0.05) is 11.6 Å². The lowest BCUT2D eigenvalue weighted by molar-refractivity contribution is -0.142. The quantitative estimate of drug-likeness (QED) is 0.936. The maximum Gasteiger partial charge on any atom is 0.308 e. The molecule has 1 amide bonds. The number of carboxylic acids is 1. The summed E-state index contributed by atoms with van der Waals surface area (Å²) in [7, 11) is 0. The minimum absolute atomic E-state index is 0.193. The van der Waals surface area contributed by atoms with E-state index in [9.17, 15) is 9.59 Å². The van der Waals surface area contributed by atoms with E-state index in [2.05, 4.69) is 5.10 Å². The van der Waals surface area contributed by atoms with Crippen LogP contribution in [0.4, 0.5) is 0 Å². The highest BCUT2D eigenvalue weighted by molar-refractivity contribution is 6.30. The van der Waals surface area contributed by atoms with Gasteiger partial charge < -0.3 is 10.0 Å². The normalized spacial score (nSPS) is 20.7. The van der Waals surface area contributed by atoms with Crippen LogP contribution in [0, 0.1) is 5.92 Å². The second-order valence-electron chi connectivity index (χ2n) is 5.62. The molecule has 0 saturated carbocycles. The highest BCUT2D eigenvalue weighted by Gasteiger charge is 2.38. The van der Waals surface area contributed by atoms with Gasteiger partial charge in [-0.15, -0.1) is 0 Å². The molecular formula is C16H16ClN3O3. The van der Waals surface area contributed by atoms with Crippen LogP contribution in [0.1, 0.15) is 23.7 Å². The van der Waals surface area contributed by atoms with Crippen LogP contribution in [-0.2, 0) is 4.79 Å². The summed E-state index contributed by atoms with van der Waals surface area (Å²) in [6, 6.07) is 6.80. The summed E-state index contributed by atoms with van der Waals surface area (Å²) in [6.45, 7) is 2.22. The minimum atomic E-state index is -0.857. The summed E-state index contributed by atoms with van der Waals surface area (Å²) in [5.41, 5.74) is 1.24. The molecule has 1 aliphatic rings. The number of likely N-dealkylation sites (tertiary alicyclic amines) is 1. The predicted molar refractivity (Wildman–Crippen MR) is 84.8 cm³/mol. The number of aromatic nitrogens is 2. The van der Waals surface area contributed by atoms with E-state index in [-0.39, 0.29) is 11.9 Å². The van der Waals surface area contributed by atoms with Gasteiger partial charge in [0.15, 0.2) is 0 Å². The van der Waals surface area contributed by atoms with Gasteiger partial charge in [0.05, 0.1) is 23.4 Å². The average Bonchev–Trinajstić information content (AvgIpc) is 3.14. The molecule has 0 spiro atoms. The molecule has 0 aliphatic carbocycles. The molecule has 6 nitrogen and oxygen atoms in total. The standard InChI is InChI=1S/C16H16ClN3O3/c1-10-14(16(22)23)6-7-19(10)15(21)11-8-18-20(9-11)13-4-2-12(17)3-5-13/h2-5,8-10,14H,6-7H2,1H3,(H,22,23). The van der Waals surface area contributed by atoms with E-state index in [0.717, 1.165) is 5.69 Å². The third-order valence-corrected chi connectivity index (χ3v) is 4.51. The van der Waals surface area contributed by atoms with Crippen LogP contribution in [0.3, 0.4) is 0 Å². The smallest absolute Gasteiger partial charge is 0.308 e. The zero-order valence-corrected chi connectivity index (χ0v) is 13.3. The number of carboxylic acid groups (broad SMARTS) is 1. The Balaban J connectivity index is 1.79. The molecule has 2 heterocycles. The third kappa shape index (κ3) is 2.94. The molecule has 7 heteroatoms. The molecule has 23 heavy (non-hydrogen) atoms. The summed E-state index contributed by atoms with van der Waals surface area (Å²) in [6.07, 6.45) is 3.62. The van der Waals surface area contributed by atoms with Gasteiger partial charge in [-0.3, -0.25) is 9.59 Å². The Morgan fingerprint density at radius 1 is 1.30 bits per heavy atom. The van der Waals surface area contributed by atoms with E-state index in [1.54, 1.807) is 34.8 Å². The number of rotatable bonds is 3. The van der Waals surface area contributed by atoms with Gasteiger partial charge in [0, 0.05) is 23.8 Å². The second kappa shape index (κ2) is 6.04. The molecule has 1 aliphatic heterocycles. The van der Waals surface area contributed by atoms with Crippen LogP contribution < -0.4 is 0 Å². The third-order valence-electron chi connectivity index (χ3n) is 4.25. The molecule has 2 unspecified atom stereocenters. The van der Waals surface area contributed by atoms with Crippen molar-refractivity contribution in [2.24, 2.45) is 5.92 Å². The molecule has 1 aromatic heterocycles. The Hall–Kier alpha value is -2.34. The second-order valence-corrected chi connectivity index (χ2v) is 6.06.